The number of esters is 1. The van der Waals surface area contributed by atoms with Crippen LogP contribution in [-0.4, -0.2) is 24.0 Å². The standard InChI is InChI=1S/C32H48O4/c1-19(2)21-11-14-32(27(35)36-8)16-15-30(6)22(25(21)32)9-10-24-29(5)17-20(18-33)26(34)28(3,4)23(29)12-13-31(24,30)7/h18,21-25,33H,1,9-17H2,2-8H3/b20-18-/t21-,22-,23+,24+,25-,29+,30-,31-,32+/m1/s1. The summed E-state index contributed by atoms with van der Waals surface area (Å²) in [5.74, 6) is 2.12. The highest BCUT2D eigenvalue weighted by Crippen LogP contribution is 2.77. The molecular weight excluding hydrogens is 448 g/mol. The number of methoxy groups -OCH3 is 1. The molecule has 5 aliphatic carbocycles. The van der Waals surface area contributed by atoms with Gasteiger partial charge in [0.05, 0.1) is 18.8 Å². The van der Waals surface area contributed by atoms with Gasteiger partial charge >= 0.3 is 5.97 Å². The van der Waals surface area contributed by atoms with Gasteiger partial charge in [0.2, 0.25) is 0 Å². The van der Waals surface area contributed by atoms with E-state index in [9.17, 15) is 14.7 Å². The number of ether oxygens (including phenoxy) is 1. The first-order valence-corrected chi connectivity index (χ1v) is 14.4. The Hall–Kier alpha value is -1.58. The Kier molecular flexibility index (Phi) is 5.76. The number of hydrogen-bond donors (Lipinski definition) is 1. The number of allylic oxidation sites excluding steroid dienone is 2. The lowest BCUT2D eigenvalue weighted by Gasteiger charge is -2.72. The number of aliphatic hydroxyl groups is 1. The maximum absolute atomic E-state index is 13.4. The first-order valence-electron chi connectivity index (χ1n) is 14.4. The van der Waals surface area contributed by atoms with Crippen molar-refractivity contribution in [1.82, 2.24) is 0 Å². The predicted octanol–water partition coefficient (Wildman–Crippen LogP) is 7.44. The molecule has 5 saturated carbocycles. The number of carbonyl (C=O) groups excluding carboxylic acids is 2. The Morgan fingerprint density at radius 3 is 2.28 bits per heavy atom. The molecule has 5 aliphatic rings. The Labute approximate surface area is 218 Å². The summed E-state index contributed by atoms with van der Waals surface area (Å²) in [6.07, 6.45) is 10.2. The van der Waals surface area contributed by atoms with E-state index in [4.69, 9.17) is 4.74 Å². The van der Waals surface area contributed by atoms with Crippen LogP contribution in [0.2, 0.25) is 0 Å². The Morgan fingerprint density at radius 1 is 0.972 bits per heavy atom. The highest BCUT2D eigenvalue weighted by Gasteiger charge is 2.72. The van der Waals surface area contributed by atoms with Crippen molar-refractivity contribution in [2.75, 3.05) is 7.11 Å². The number of hydrogen-bond acceptors (Lipinski definition) is 4. The summed E-state index contributed by atoms with van der Waals surface area (Å²) in [5, 5.41) is 10.0. The van der Waals surface area contributed by atoms with Crippen molar-refractivity contribution in [2.24, 2.45) is 56.7 Å². The smallest absolute Gasteiger partial charge is 0.312 e. The van der Waals surface area contributed by atoms with E-state index in [0.717, 1.165) is 57.6 Å². The van der Waals surface area contributed by atoms with Crippen LogP contribution in [0.4, 0.5) is 0 Å². The SMILES string of the molecule is C=C(C)[C@H]1CC[C@]2(C(=O)OC)CC[C@]3(C)[C@H](CC[C@H]4[C@@]5(C)C/C(=C/O)C(=O)C(C)(C)[C@@H]5CC[C@]43C)[C@@H]12. The third-order valence-corrected chi connectivity index (χ3v) is 13.4. The van der Waals surface area contributed by atoms with Crippen LogP contribution in [0.1, 0.15) is 99.3 Å². The van der Waals surface area contributed by atoms with Gasteiger partial charge in [-0.15, -0.1) is 0 Å². The second-order valence-electron chi connectivity index (χ2n) is 14.7. The minimum Gasteiger partial charge on any atom is -0.515 e. The van der Waals surface area contributed by atoms with E-state index in [0.29, 0.717) is 41.6 Å². The molecule has 0 amide bonds. The zero-order chi connectivity index (χ0) is 26.5. The number of fused-ring (bicyclic) bond motifs is 7. The van der Waals surface area contributed by atoms with Gasteiger partial charge in [-0.05, 0) is 111 Å². The molecule has 1 N–H and O–H groups in total. The normalized spacial score (nSPS) is 50.5. The van der Waals surface area contributed by atoms with Crippen molar-refractivity contribution < 1.29 is 19.4 Å². The molecule has 0 aromatic rings. The molecule has 0 aromatic heterocycles. The quantitative estimate of drug-likeness (QED) is 0.187. The molecular formula is C32H48O4. The molecule has 200 valence electrons. The Balaban J connectivity index is 1.59. The first-order chi connectivity index (χ1) is 16.7. The van der Waals surface area contributed by atoms with Crippen LogP contribution in [0.15, 0.2) is 24.0 Å². The minimum absolute atomic E-state index is 0.00603. The van der Waals surface area contributed by atoms with E-state index in [1.54, 1.807) is 7.11 Å². The van der Waals surface area contributed by atoms with Crippen LogP contribution in [-0.2, 0) is 14.3 Å². The molecule has 0 saturated heterocycles. The lowest BCUT2D eigenvalue weighted by Crippen LogP contribution is -2.67. The lowest BCUT2D eigenvalue weighted by atomic mass is 9.32. The molecule has 0 bridgehead atoms. The molecule has 0 radical (unpaired) electrons. The Morgan fingerprint density at radius 2 is 1.67 bits per heavy atom. The maximum Gasteiger partial charge on any atom is 0.312 e. The fourth-order valence-corrected chi connectivity index (χ4v) is 11.7. The number of rotatable bonds is 2. The summed E-state index contributed by atoms with van der Waals surface area (Å²) in [6.45, 7) is 18.3. The maximum atomic E-state index is 13.4. The minimum atomic E-state index is -0.455. The van der Waals surface area contributed by atoms with Gasteiger partial charge in [0.15, 0.2) is 5.78 Å². The molecule has 5 rings (SSSR count). The molecule has 0 spiro atoms. The number of carbonyl (C=O) groups is 2. The van der Waals surface area contributed by atoms with Crippen LogP contribution >= 0.6 is 0 Å². The summed E-state index contributed by atoms with van der Waals surface area (Å²) in [5.41, 5.74) is 1.25. The van der Waals surface area contributed by atoms with E-state index in [1.165, 1.54) is 5.57 Å². The van der Waals surface area contributed by atoms with Crippen LogP contribution in [0.25, 0.3) is 0 Å². The zero-order valence-electron chi connectivity index (χ0n) is 23.7. The highest BCUT2D eigenvalue weighted by molar-refractivity contribution is 6.00. The van der Waals surface area contributed by atoms with Crippen LogP contribution in [0, 0.1) is 56.7 Å². The number of Topliss-reactive ketones (excluding diaryl/α,β-unsaturated/α-hetero) is 1. The lowest BCUT2D eigenvalue weighted by molar-refractivity contribution is -0.232. The molecule has 4 nitrogen and oxygen atoms in total. The largest absolute Gasteiger partial charge is 0.515 e. The van der Waals surface area contributed by atoms with Gasteiger partial charge in [0, 0.05) is 11.0 Å². The van der Waals surface area contributed by atoms with E-state index in [-0.39, 0.29) is 33.4 Å². The topological polar surface area (TPSA) is 63.6 Å². The van der Waals surface area contributed by atoms with Crippen molar-refractivity contribution in [2.45, 2.75) is 99.3 Å². The van der Waals surface area contributed by atoms with Gasteiger partial charge in [-0.3, -0.25) is 9.59 Å². The van der Waals surface area contributed by atoms with Crippen LogP contribution in [0.5, 0.6) is 0 Å². The fraction of sp³-hybridized carbons (Fsp3) is 0.812. The molecule has 4 heteroatoms. The fourth-order valence-electron chi connectivity index (χ4n) is 11.7. The summed E-state index contributed by atoms with van der Waals surface area (Å²) in [4.78, 5) is 26.7. The van der Waals surface area contributed by atoms with Gasteiger partial charge in [-0.1, -0.05) is 46.8 Å². The van der Waals surface area contributed by atoms with Crippen molar-refractivity contribution in [3.8, 4) is 0 Å². The average Bonchev–Trinajstić information content (AvgIpc) is 3.22. The van der Waals surface area contributed by atoms with Gasteiger partial charge in [0.1, 0.15) is 0 Å². The van der Waals surface area contributed by atoms with E-state index >= 15 is 0 Å². The number of ketones is 1. The molecule has 0 unspecified atom stereocenters. The predicted molar refractivity (Wildman–Crippen MR) is 142 cm³/mol. The van der Waals surface area contributed by atoms with E-state index in [2.05, 4.69) is 48.1 Å². The third-order valence-electron chi connectivity index (χ3n) is 13.4. The van der Waals surface area contributed by atoms with Crippen molar-refractivity contribution in [1.29, 1.82) is 0 Å². The van der Waals surface area contributed by atoms with Gasteiger partial charge < -0.3 is 9.84 Å². The third kappa shape index (κ3) is 2.94. The molecule has 36 heavy (non-hydrogen) atoms. The highest BCUT2D eigenvalue weighted by atomic mass is 16.5. The first kappa shape index (κ1) is 26.0. The van der Waals surface area contributed by atoms with Crippen LogP contribution < -0.4 is 0 Å². The molecule has 5 fully saturated rings. The number of aliphatic hydroxyl groups excluding tert-OH is 1. The molecule has 0 aromatic carbocycles. The van der Waals surface area contributed by atoms with Gasteiger partial charge in [0.25, 0.3) is 0 Å². The average molecular weight is 497 g/mol. The van der Waals surface area contributed by atoms with Crippen molar-refractivity contribution in [3.63, 3.8) is 0 Å². The monoisotopic (exact) mass is 496 g/mol. The van der Waals surface area contributed by atoms with Crippen LogP contribution in [0.3, 0.4) is 0 Å². The van der Waals surface area contributed by atoms with Gasteiger partial charge in [-0.25, -0.2) is 0 Å². The Bertz CT molecular complexity index is 1020. The second kappa shape index (κ2) is 7.96. The molecule has 0 heterocycles. The molecule has 9 atom stereocenters. The van der Waals surface area contributed by atoms with E-state index in [1.807, 2.05) is 0 Å². The summed E-state index contributed by atoms with van der Waals surface area (Å²) < 4.78 is 5.48. The second-order valence-corrected chi connectivity index (χ2v) is 14.7. The van der Waals surface area contributed by atoms with Crippen molar-refractivity contribution in [3.05, 3.63) is 24.0 Å². The summed E-state index contributed by atoms with van der Waals surface area (Å²) >= 11 is 0. The summed E-state index contributed by atoms with van der Waals surface area (Å²) in [7, 11) is 1.56. The zero-order valence-corrected chi connectivity index (χ0v) is 23.7. The summed E-state index contributed by atoms with van der Waals surface area (Å²) in [6, 6.07) is 0. The van der Waals surface area contributed by atoms with Gasteiger partial charge in [-0.2, -0.15) is 0 Å². The van der Waals surface area contributed by atoms with E-state index < -0.39 is 5.41 Å². The molecule has 0 aliphatic heterocycles. The van der Waals surface area contributed by atoms with Crippen molar-refractivity contribution >= 4 is 11.8 Å².